The van der Waals surface area contributed by atoms with E-state index in [0.29, 0.717) is 29.4 Å². The molecule has 2 rings (SSSR count). The van der Waals surface area contributed by atoms with E-state index >= 15 is 0 Å². The molecule has 2 aromatic rings. The molecule has 3 N–H and O–H groups in total. The second-order valence-electron chi connectivity index (χ2n) is 4.44. The molecule has 0 saturated carbocycles. The first-order chi connectivity index (χ1) is 10.1. The van der Waals surface area contributed by atoms with Crippen molar-refractivity contribution in [2.45, 2.75) is 18.2 Å². The zero-order valence-corrected chi connectivity index (χ0v) is 12.0. The summed E-state index contributed by atoms with van der Waals surface area (Å²) in [7, 11) is 0. The van der Waals surface area contributed by atoms with E-state index in [1.807, 2.05) is 0 Å². The Morgan fingerprint density at radius 2 is 2.14 bits per heavy atom. The van der Waals surface area contributed by atoms with Gasteiger partial charge in [-0.05, 0) is 36.4 Å². The summed E-state index contributed by atoms with van der Waals surface area (Å²) in [6.07, 6.45) is 1.95. The molecule has 0 spiro atoms. The van der Waals surface area contributed by atoms with Gasteiger partial charge in [-0.15, -0.1) is 0 Å². The van der Waals surface area contributed by atoms with Crippen molar-refractivity contribution in [1.29, 1.82) is 0 Å². The number of aliphatic carboxylic acids is 1. The van der Waals surface area contributed by atoms with Crippen molar-refractivity contribution in [2.24, 2.45) is 5.73 Å². The quantitative estimate of drug-likeness (QED) is 0.764. The fourth-order valence-electron chi connectivity index (χ4n) is 1.61. The van der Waals surface area contributed by atoms with Crippen molar-refractivity contribution in [2.75, 3.05) is 5.75 Å². The number of carboxylic acid groups (broad SMARTS) is 1. The smallest absolute Gasteiger partial charge is 0.320 e. The highest BCUT2D eigenvalue weighted by molar-refractivity contribution is 7.98. The van der Waals surface area contributed by atoms with Gasteiger partial charge in [0.05, 0.1) is 5.69 Å². The van der Waals surface area contributed by atoms with Gasteiger partial charge in [0, 0.05) is 11.3 Å². The van der Waals surface area contributed by atoms with Gasteiger partial charge < -0.3 is 15.3 Å². The molecule has 0 radical (unpaired) electrons. The normalized spacial score (nSPS) is 12.3. The average Bonchev–Trinajstić information content (AvgIpc) is 2.93. The number of rotatable bonds is 7. The van der Waals surface area contributed by atoms with Gasteiger partial charge >= 0.3 is 5.97 Å². The Balaban J connectivity index is 1.83. The summed E-state index contributed by atoms with van der Waals surface area (Å²) < 4.78 is 18.2. The van der Waals surface area contributed by atoms with Crippen molar-refractivity contribution >= 4 is 17.7 Å². The number of carbonyl (C=O) groups is 1. The van der Waals surface area contributed by atoms with Crippen LogP contribution in [0.5, 0.6) is 0 Å². The molecule has 0 aliphatic heterocycles. The van der Waals surface area contributed by atoms with E-state index in [1.54, 1.807) is 18.4 Å². The molecule has 112 valence electrons. The standard InChI is InChI=1S/C14H15FN2O3S/c15-10-3-1-9(2-4-10)13-17-11(7-20-13)8-21-6-5-12(16)14(18)19/h1-4,7,12H,5-6,8,16H2,(H,18,19). The molecule has 0 fully saturated rings. The summed E-state index contributed by atoms with van der Waals surface area (Å²) in [6.45, 7) is 0. The number of carboxylic acids is 1. The number of hydrogen-bond donors (Lipinski definition) is 2. The minimum Gasteiger partial charge on any atom is -0.480 e. The van der Waals surface area contributed by atoms with Crippen molar-refractivity contribution in [3.05, 3.63) is 42.0 Å². The maximum absolute atomic E-state index is 12.8. The van der Waals surface area contributed by atoms with Gasteiger partial charge in [0.1, 0.15) is 18.1 Å². The second kappa shape index (κ2) is 7.24. The highest BCUT2D eigenvalue weighted by atomic mass is 32.2. The lowest BCUT2D eigenvalue weighted by Gasteiger charge is -2.04. The minimum atomic E-state index is -0.990. The number of halogens is 1. The number of thioether (sulfide) groups is 1. The first-order valence-corrected chi connectivity index (χ1v) is 7.48. The van der Waals surface area contributed by atoms with E-state index in [0.717, 1.165) is 5.69 Å². The topological polar surface area (TPSA) is 89.4 Å². The highest BCUT2D eigenvalue weighted by Crippen LogP contribution is 2.21. The Bertz CT molecular complexity index is 601. The molecule has 0 saturated heterocycles. The molecule has 1 heterocycles. The minimum absolute atomic E-state index is 0.309. The van der Waals surface area contributed by atoms with Crippen LogP contribution in [0.2, 0.25) is 0 Å². The van der Waals surface area contributed by atoms with Gasteiger partial charge in [-0.2, -0.15) is 11.8 Å². The molecular formula is C14H15FN2O3S. The van der Waals surface area contributed by atoms with Crippen LogP contribution in [0.4, 0.5) is 4.39 Å². The predicted molar refractivity (Wildman–Crippen MR) is 78.3 cm³/mol. The van der Waals surface area contributed by atoms with Crippen molar-refractivity contribution in [3.63, 3.8) is 0 Å². The number of benzene rings is 1. The van der Waals surface area contributed by atoms with Gasteiger partial charge in [0.2, 0.25) is 5.89 Å². The molecule has 7 heteroatoms. The third kappa shape index (κ3) is 4.57. The maximum Gasteiger partial charge on any atom is 0.320 e. The van der Waals surface area contributed by atoms with Gasteiger partial charge in [0.15, 0.2) is 0 Å². The zero-order valence-electron chi connectivity index (χ0n) is 11.2. The van der Waals surface area contributed by atoms with Crippen LogP contribution in [0.25, 0.3) is 11.5 Å². The number of nitrogens with zero attached hydrogens (tertiary/aromatic N) is 1. The third-order valence-electron chi connectivity index (χ3n) is 2.78. The Hall–Kier alpha value is -1.86. The Morgan fingerprint density at radius 1 is 1.43 bits per heavy atom. The van der Waals surface area contributed by atoms with Crippen LogP contribution in [0.3, 0.4) is 0 Å². The summed E-state index contributed by atoms with van der Waals surface area (Å²) in [5.74, 6) is 0.378. The van der Waals surface area contributed by atoms with Crippen LogP contribution >= 0.6 is 11.8 Å². The van der Waals surface area contributed by atoms with Crippen LogP contribution in [0, 0.1) is 5.82 Å². The summed E-state index contributed by atoms with van der Waals surface area (Å²) >= 11 is 1.54. The summed E-state index contributed by atoms with van der Waals surface area (Å²) in [5.41, 5.74) is 6.87. The largest absolute Gasteiger partial charge is 0.480 e. The van der Waals surface area contributed by atoms with Crippen LogP contribution in [0.15, 0.2) is 34.9 Å². The molecule has 0 bridgehead atoms. The van der Waals surface area contributed by atoms with Crippen LogP contribution < -0.4 is 5.73 Å². The lowest BCUT2D eigenvalue weighted by Crippen LogP contribution is -2.30. The second-order valence-corrected chi connectivity index (χ2v) is 5.54. The number of aromatic nitrogens is 1. The number of oxazole rings is 1. The van der Waals surface area contributed by atoms with E-state index in [1.165, 1.54) is 23.9 Å². The predicted octanol–water partition coefficient (Wildman–Crippen LogP) is 2.52. The molecule has 1 unspecified atom stereocenters. The molecule has 0 aliphatic rings. The molecule has 1 aromatic carbocycles. The third-order valence-corrected chi connectivity index (χ3v) is 3.81. The van der Waals surface area contributed by atoms with E-state index < -0.39 is 12.0 Å². The van der Waals surface area contributed by atoms with E-state index in [-0.39, 0.29) is 5.82 Å². The Labute approximate surface area is 125 Å². The van der Waals surface area contributed by atoms with E-state index in [9.17, 15) is 9.18 Å². The van der Waals surface area contributed by atoms with E-state index in [4.69, 9.17) is 15.3 Å². The van der Waals surface area contributed by atoms with Gasteiger partial charge in [-0.25, -0.2) is 9.37 Å². The number of hydrogen-bond acceptors (Lipinski definition) is 5. The van der Waals surface area contributed by atoms with E-state index in [2.05, 4.69) is 4.98 Å². The monoisotopic (exact) mass is 310 g/mol. The van der Waals surface area contributed by atoms with Gasteiger partial charge in [-0.1, -0.05) is 0 Å². The van der Waals surface area contributed by atoms with Crippen molar-refractivity contribution in [3.8, 4) is 11.5 Å². The molecular weight excluding hydrogens is 295 g/mol. The Morgan fingerprint density at radius 3 is 2.81 bits per heavy atom. The molecule has 21 heavy (non-hydrogen) atoms. The molecule has 1 aromatic heterocycles. The van der Waals surface area contributed by atoms with Crippen LogP contribution in [0.1, 0.15) is 12.1 Å². The van der Waals surface area contributed by atoms with Gasteiger partial charge in [-0.3, -0.25) is 4.79 Å². The maximum atomic E-state index is 12.8. The van der Waals surface area contributed by atoms with Gasteiger partial charge in [0.25, 0.3) is 0 Å². The molecule has 0 amide bonds. The SMILES string of the molecule is NC(CCSCc1coc(-c2ccc(F)cc2)n1)C(=O)O. The molecule has 5 nitrogen and oxygen atoms in total. The Kier molecular flexibility index (Phi) is 5.35. The van der Waals surface area contributed by atoms with Crippen LogP contribution in [-0.4, -0.2) is 27.9 Å². The number of nitrogens with two attached hydrogens (primary N) is 1. The zero-order chi connectivity index (χ0) is 15.2. The van der Waals surface area contributed by atoms with Crippen molar-refractivity contribution < 1.29 is 18.7 Å². The first-order valence-electron chi connectivity index (χ1n) is 6.32. The van der Waals surface area contributed by atoms with Crippen LogP contribution in [-0.2, 0) is 10.5 Å². The average molecular weight is 310 g/mol. The fraction of sp³-hybridized carbons (Fsp3) is 0.286. The molecule has 0 aliphatic carbocycles. The first kappa shape index (κ1) is 15.5. The lowest BCUT2D eigenvalue weighted by atomic mass is 10.2. The van der Waals surface area contributed by atoms with Crippen molar-refractivity contribution in [1.82, 2.24) is 4.98 Å². The summed E-state index contributed by atoms with van der Waals surface area (Å²) in [5, 5.41) is 8.66. The molecule has 1 atom stereocenters. The lowest BCUT2D eigenvalue weighted by molar-refractivity contribution is -0.138. The fourth-order valence-corrected chi connectivity index (χ4v) is 2.52. The summed E-state index contributed by atoms with van der Waals surface area (Å²) in [6, 6.07) is 5.07. The highest BCUT2D eigenvalue weighted by Gasteiger charge is 2.11. The summed E-state index contributed by atoms with van der Waals surface area (Å²) in [4.78, 5) is 14.9.